The number of carbonyl (C=O) groups is 2. The first-order chi connectivity index (χ1) is 14.7. The molecule has 2 aromatic carbocycles. The zero-order valence-corrected chi connectivity index (χ0v) is 17.1. The van der Waals surface area contributed by atoms with Crippen LogP contribution < -0.4 is 15.5 Å². The molecule has 0 saturated carbocycles. The third kappa shape index (κ3) is 4.98. The van der Waals surface area contributed by atoms with E-state index in [0.717, 1.165) is 50.5 Å². The molecule has 0 aromatic heterocycles. The van der Waals surface area contributed by atoms with Crippen molar-refractivity contribution in [2.75, 3.05) is 44.3 Å². The molecule has 0 aliphatic carbocycles. The van der Waals surface area contributed by atoms with Gasteiger partial charge in [-0.15, -0.1) is 0 Å². The summed E-state index contributed by atoms with van der Waals surface area (Å²) in [5, 5.41) is 5.57. The Hall–Kier alpha value is -2.90. The SMILES string of the molecule is O=C(NCC(=O)N1CCc2ccccc21)NCc1ccccc1CN1CCOCC1. The molecule has 2 N–H and O–H groups in total. The minimum atomic E-state index is -0.336. The molecule has 1 saturated heterocycles. The summed E-state index contributed by atoms with van der Waals surface area (Å²) >= 11 is 0. The molecule has 0 radical (unpaired) electrons. The van der Waals surface area contributed by atoms with Crippen LogP contribution in [0.3, 0.4) is 0 Å². The van der Waals surface area contributed by atoms with Crippen LogP contribution in [0.4, 0.5) is 10.5 Å². The highest BCUT2D eigenvalue weighted by Crippen LogP contribution is 2.27. The van der Waals surface area contributed by atoms with Gasteiger partial charge in [0.05, 0.1) is 19.8 Å². The Kier molecular flexibility index (Phi) is 6.61. The topological polar surface area (TPSA) is 73.9 Å². The predicted octanol–water partition coefficient (Wildman–Crippen LogP) is 1.91. The Balaban J connectivity index is 1.26. The van der Waals surface area contributed by atoms with Gasteiger partial charge in [-0.25, -0.2) is 4.79 Å². The van der Waals surface area contributed by atoms with Crippen LogP contribution in [0.2, 0.25) is 0 Å². The molecule has 0 spiro atoms. The van der Waals surface area contributed by atoms with Gasteiger partial charge in [0.2, 0.25) is 5.91 Å². The van der Waals surface area contributed by atoms with Crippen LogP contribution in [0.5, 0.6) is 0 Å². The smallest absolute Gasteiger partial charge is 0.315 e. The summed E-state index contributed by atoms with van der Waals surface area (Å²) in [5.74, 6) is -0.0946. The Morgan fingerprint density at radius 2 is 1.63 bits per heavy atom. The van der Waals surface area contributed by atoms with E-state index < -0.39 is 0 Å². The Morgan fingerprint density at radius 3 is 2.47 bits per heavy atom. The number of morpholine rings is 1. The molecule has 2 aliphatic rings. The normalized spacial score (nSPS) is 16.2. The number of nitrogens with one attached hydrogen (secondary N) is 2. The summed E-state index contributed by atoms with van der Waals surface area (Å²) in [5.41, 5.74) is 4.40. The third-order valence-corrected chi connectivity index (χ3v) is 5.64. The molecule has 0 atom stereocenters. The Bertz CT molecular complexity index is 896. The van der Waals surface area contributed by atoms with Gasteiger partial charge in [-0.1, -0.05) is 42.5 Å². The molecule has 0 bridgehead atoms. The van der Waals surface area contributed by atoms with E-state index in [1.807, 2.05) is 42.5 Å². The maximum absolute atomic E-state index is 12.5. The minimum absolute atomic E-state index is 0.0183. The summed E-state index contributed by atoms with van der Waals surface area (Å²) in [4.78, 5) is 28.9. The van der Waals surface area contributed by atoms with Gasteiger partial charge in [0.15, 0.2) is 0 Å². The van der Waals surface area contributed by atoms with Crippen LogP contribution in [0.1, 0.15) is 16.7 Å². The lowest BCUT2D eigenvalue weighted by Crippen LogP contribution is -2.43. The highest BCUT2D eigenvalue weighted by atomic mass is 16.5. The molecule has 4 rings (SSSR count). The van der Waals surface area contributed by atoms with Crippen molar-refractivity contribution in [3.63, 3.8) is 0 Å². The lowest BCUT2D eigenvalue weighted by atomic mass is 10.1. The van der Waals surface area contributed by atoms with E-state index in [9.17, 15) is 9.59 Å². The molecule has 30 heavy (non-hydrogen) atoms. The fraction of sp³-hybridized carbons (Fsp3) is 0.391. The van der Waals surface area contributed by atoms with Gasteiger partial charge in [-0.2, -0.15) is 0 Å². The van der Waals surface area contributed by atoms with E-state index in [-0.39, 0.29) is 18.5 Å². The van der Waals surface area contributed by atoms with Gasteiger partial charge in [0.1, 0.15) is 0 Å². The van der Waals surface area contributed by atoms with Crippen molar-refractivity contribution in [3.05, 3.63) is 65.2 Å². The molecular weight excluding hydrogens is 380 g/mol. The van der Waals surface area contributed by atoms with Crippen LogP contribution in [-0.2, 0) is 29.0 Å². The zero-order chi connectivity index (χ0) is 20.8. The number of urea groups is 1. The van der Waals surface area contributed by atoms with Gasteiger partial charge in [0.25, 0.3) is 0 Å². The van der Waals surface area contributed by atoms with Crippen molar-refractivity contribution in [2.24, 2.45) is 0 Å². The van der Waals surface area contributed by atoms with Crippen molar-refractivity contribution in [1.82, 2.24) is 15.5 Å². The first-order valence-electron chi connectivity index (χ1n) is 10.5. The van der Waals surface area contributed by atoms with E-state index in [1.165, 1.54) is 11.1 Å². The maximum atomic E-state index is 12.5. The molecular formula is C23H28N4O3. The van der Waals surface area contributed by atoms with Gasteiger partial charge >= 0.3 is 6.03 Å². The third-order valence-electron chi connectivity index (χ3n) is 5.64. The molecule has 2 heterocycles. The van der Waals surface area contributed by atoms with Crippen LogP contribution >= 0.6 is 0 Å². The van der Waals surface area contributed by atoms with Crippen molar-refractivity contribution >= 4 is 17.6 Å². The minimum Gasteiger partial charge on any atom is -0.379 e. The Labute approximate surface area is 177 Å². The molecule has 0 unspecified atom stereocenters. The van der Waals surface area contributed by atoms with E-state index >= 15 is 0 Å². The number of fused-ring (bicyclic) bond motifs is 1. The summed E-state index contributed by atoms with van der Waals surface area (Å²) in [6.07, 6.45) is 0.855. The molecule has 158 valence electrons. The molecule has 2 aromatic rings. The number of hydrogen-bond donors (Lipinski definition) is 2. The monoisotopic (exact) mass is 408 g/mol. The van der Waals surface area contributed by atoms with Crippen molar-refractivity contribution in [1.29, 1.82) is 0 Å². The average Bonchev–Trinajstić information content (AvgIpc) is 3.22. The molecule has 1 fully saturated rings. The summed E-state index contributed by atoms with van der Waals surface area (Å²) in [6, 6.07) is 15.7. The number of hydrogen-bond acceptors (Lipinski definition) is 4. The lowest BCUT2D eigenvalue weighted by Gasteiger charge is -2.27. The van der Waals surface area contributed by atoms with Gasteiger partial charge in [0, 0.05) is 38.4 Å². The van der Waals surface area contributed by atoms with Crippen LogP contribution in [0.25, 0.3) is 0 Å². The lowest BCUT2D eigenvalue weighted by molar-refractivity contribution is -0.117. The second kappa shape index (κ2) is 9.73. The van der Waals surface area contributed by atoms with E-state index in [0.29, 0.717) is 13.1 Å². The number of benzene rings is 2. The number of anilines is 1. The quantitative estimate of drug-likeness (QED) is 0.766. The fourth-order valence-corrected chi connectivity index (χ4v) is 3.97. The molecule has 2 aliphatic heterocycles. The zero-order valence-electron chi connectivity index (χ0n) is 17.1. The van der Waals surface area contributed by atoms with E-state index in [2.05, 4.69) is 21.6 Å². The van der Waals surface area contributed by atoms with Crippen LogP contribution in [0, 0.1) is 0 Å². The van der Waals surface area contributed by atoms with Crippen molar-refractivity contribution < 1.29 is 14.3 Å². The number of rotatable bonds is 6. The molecule has 3 amide bonds. The fourth-order valence-electron chi connectivity index (χ4n) is 3.97. The number of ether oxygens (including phenoxy) is 1. The van der Waals surface area contributed by atoms with Crippen molar-refractivity contribution in [3.8, 4) is 0 Å². The first kappa shape index (κ1) is 20.4. The standard InChI is InChI=1S/C23H28N4O3/c28-22(27-10-9-18-5-3-4-8-21(18)27)16-25-23(29)24-15-19-6-1-2-7-20(19)17-26-11-13-30-14-12-26/h1-8H,9-17H2,(H2,24,25,29). The molecule has 7 heteroatoms. The summed E-state index contributed by atoms with van der Waals surface area (Å²) in [7, 11) is 0. The van der Waals surface area contributed by atoms with Gasteiger partial charge in [-0.05, 0) is 29.2 Å². The molecule has 7 nitrogen and oxygen atoms in total. The highest BCUT2D eigenvalue weighted by molar-refractivity contribution is 5.98. The summed E-state index contributed by atoms with van der Waals surface area (Å²) < 4.78 is 5.41. The van der Waals surface area contributed by atoms with Crippen molar-refractivity contribution in [2.45, 2.75) is 19.5 Å². The second-order valence-corrected chi connectivity index (χ2v) is 7.62. The van der Waals surface area contributed by atoms with E-state index in [4.69, 9.17) is 4.74 Å². The number of para-hydroxylation sites is 1. The number of carbonyl (C=O) groups excluding carboxylic acids is 2. The first-order valence-corrected chi connectivity index (χ1v) is 10.5. The van der Waals surface area contributed by atoms with Crippen LogP contribution in [0.15, 0.2) is 48.5 Å². The summed E-state index contributed by atoms with van der Waals surface area (Å²) in [6.45, 7) is 5.28. The Morgan fingerprint density at radius 1 is 0.900 bits per heavy atom. The number of amides is 3. The van der Waals surface area contributed by atoms with Gasteiger partial charge < -0.3 is 20.3 Å². The average molecular weight is 409 g/mol. The van der Waals surface area contributed by atoms with Gasteiger partial charge in [-0.3, -0.25) is 9.69 Å². The van der Waals surface area contributed by atoms with E-state index in [1.54, 1.807) is 4.90 Å². The predicted molar refractivity (Wildman–Crippen MR) is 115 cm³/mol. The van der Waals surface area contributed by atoms with Crippen LogP contribution in [-0.4, -0.2) is 56.2 Å². The second-order valence-electron chi connectivity index (χ2n) is 7.62. The highest BCUT2D eigenvalue weighted by Gasteiger charge is 2.24. The largest absolute Gasteiger partial charge is 0.379 e. The maximum Gasteiger partial charge on any atom is 0.315 e. The number of nitrogens with zero attached hydrogens (tertiary/aromatic N) is 2.